The molecule has 1 aromatic carbocycles. The Morgan fingerprint density at radius 2 is 1.96 bits per heavy atom. The first-order chi connectivity index (χ1) is 11.6. The van der Waals surface area contributed by atoms with Crippen LogP contribution in [-0.2, 0) is 6.54 Å². The number of rotatable bonds is 7. The summed E-state index contributed by atoms with van der Waals surface area (Å²) in [6, 6.07) is 5.63. The summed E-state index contributed by atoms with van der Waals surface area (Å²) in [7, 11) is 0. The van der Waals surface area contributed by atoms with Gasteiger partial charge in [-0.25, -0.2) is 0 Å². The van der Waals surface area contributed by atoms with Gasteiger partial charge in [-0.3, -0.25) is 9.89 Å². The molecule has 3 aromatic rings. The minimum atomic E-state index is 0.0213. The predicted octanol–water partition coefficient (Wildman–Crippen LogP) is 3.75. The number of unbranched alkanes of at least 4 members (excludes halogenated alkanes) is 4. The Hall–Kier alpha value is -1.85. The number of nitrogens with one attached hydrogen (secondary N) is 1. The molecule has 2 aromatic heterocycles. The largest absolute Gasteiger partial charge is 0.330 e. The van der Waals surface area contributed by atoms with E-state index in [4.69, 9.17) is 17.3 Å². The number of nitrogens with zero attached hydrogens (tertiary/aromatic N) is 2. The molecule has 0 saturated carbocycles. The number of pyridine rings is 1. The third-order valence-corrected chi connectivity index (χ3v) is 4.73. The van der Waals surface area contributed by atoms with Crippen molar-refractivity contribution in [3.63, 3.8) is 0 Å². The molecule has 2 heterocycles. The Morgan fingerprint density at radius 1 is 1.21 bits per heavy atom. The van der Waals surface area contributed by atoms with E-state index < -0.39 is 0 Å². The summed E-state index contributed by atoms with van der Waals surface area (Å²) in [5.41, 5.74) is 7.94. The monoisotopic (exact) mass is 346 g/mol. The second kappa shape index (κ2) is 7.36. The lowest BCUT2D eigenvalue weighted by Crippen LogP contribution is -2.21. The van der Waals surface area contributed by atoms with E-state index in [1.54, 1.807) is 0 Å². The molecular formula is C18H23ClN4O. The lowest BCUT2D eigenvalue weighted by atomic mass is 10.1. The number of fused-ring (bicyclic) bond motifs is 3. The quantitative estimate of drug-likeness (QED) is 0.639. The first kappa shape index (κ1) is 17.0. The van der Waals surface area contributed by atoms with Gasteiger partial charge in [0.2, 0.25) is 0 Å². The summed E-state index contributed by atoms with van der Waals surface area (Å²) in [4.78, 5) is 12.9. The van der Waals surface area contributed by atoms with Crippen LogP contribution in [0.1, 0.15) is 37.8 Å². The number of aromatic amines is 1. The van der Waals surface area contributed by atoms with Crippen LogP contribution in [0.25, 0.3) is 21.8 Å². The Bertz CT molecular complexity index is 913. The van der Waals surface area contributed by atoms with E-state index in [-0.39, 0.29) is 5.56 Å². The number of halogens is 1. The van der Waals surface area contributed by atoms with Crippen molar-refractivity contribution in [1.82, 2.24) is 14.8 Å². The number of benzene rings is 1. The summed E-state index contributed by atoms with van der Waals surface area (Å²) in [6.07, 6.45) is 5.46. The van der Waals surface area contributed by atoms with Crippen molar-refractivity contribution >= 4 is 33.4 Å². The van der Waals surface area contributed by atoms with Gasteiger partial charge in [0.1, 0.15) is 5.52 Å². The Morgan fingerprint density at radius 3 is 2.75 bits per heavy atom. The summed E-state index contributed by atoms with van der Waals surface area (Å²) in [6.45, 7) is 3.34. The molecule has 0 radical (unpaired) electrons. The predicted molar refractivity (Wildman–Crippen MR) is 99.7 cm³/mol. The van der Waals surface area contributed by atoms with Crippen molar-refractivity contribution in [2.24, 2.45) is 5.73 Å². The minimum Gasteiger partial charge on any atom is -0.330 e. The van der Waals surface area contributed by atoms with Gasteiger partial charge in [-0.1, -0.05) is 30.9 Å². The van der Waals surface area contributed by atoms with E-state index in [1.165, 1.54) is 0 Å². The molecule has 0 amide bonds. The number of aromatic nitrogens is 3. The van der Waals surface area contributed by atoms with E-state index in [9.17, 15) is 4.79 Å². The second-order valence-electron chi connectivity index (χ2n) is 6.25. The number of aryl methyl sites for hydroxylation is 2. The lowest BCUT2D eigenvalue weighted by molar-refractivity contribution is 0.564. The van der Waals surface area contributed by atoms with Gasteiger partial charge in [-0.15, -0.1) is 0 Å². The Labute approximate surface area is 145 Å². The molecule has 3 rings (SSSR count). The molecule has 0 aliphatic carbocycles. The summed E-state index contributed by atoms with van der Waals surface area (Å²) in [5, 5.41) is 9.47. The average Bonchev–Trinajstić information content (AvgIpc) is 2.96. The molecule has 6 heteroatoms. The zero-order valence-corrected chi connectivity index (χ0v) is 14.7. The van der Waals surface area contributed by atoms with Gasteiger partial charge in [-0.2, -0.15) is 5.10 Å². The number of hydrogen-bond acceptors (Lipinski definition) is 3. The Kier molecular flexibility index (Phi) is 5.21. The van der Waals surface area contributed by atoms with E-state index in [2.05, 4.69) is 10.2 Å². The van der Waals surface area contributed by atoms with Crippen LogP contribution in [0.4, 0.5) is 0 Å². The normalized spacial score (nSPS) is 11.6. The zero-order chi connectivity index (χ0) is 17.1. The molecule has 3 N–H and O–H groups in total. The maximum absolute atomic E-state index is 12.9. The summed E-state index contributed by atoms with van der Waals surface area (Å²) < 4.78 is 1.86. The molecule has 0 spiro atoms. The van der Waals surface area contributed by atoms with Gasteiger partial charge >= 0.3 is 0 Å². The fourth-order valence-corrected chi connectivity index (χ4v) is 3.40. The molecule has 128 valence electrons. The van der Waals surface area contributed by atoms with Gasteiger partial charge in [0.15, 0.2) is 0 Å². The molecule has 24 heavy (non-hydrogen) atoms. The maximum atomic E-state index is 12.9. The smallest absolute Gasteiger partial charge is 0.262 e. The average molecular weight is 347 g/mol. The van der Waals surface area contributed by atoms with Gasteiger partial charge in [0.05, 0.1) is 10.9 Å². The fraction of sp³-hybridized carbons (Fsp3) is 0.444. The summed E-state index contributed by atoms with van der Waals surface area (Å²) in [5.74, 6) is 0. The van der Waals surface area contributed by atoms with Crippen molar-refractivity contribution in [3.05, 3.63) is 39.3 Å². The van der Waals surface area contributed by atoms with Gasteiger partial charge in [-0.05, 0) is 44.5 Å². The highest BCUT2D eigenvalue weighted by Crippen LogP contribution is 2.26. The van der Waals surface area contributed by atoms with Crippen LogP contribution in [-0.4, -0.2) is 21.3 Å². The topological polar surface area (TPSA) is 76.7 Å². The van der Waals surface area contributed by atoms with Crippen LogP contribution in [0.5, 0.6) is 0 Å². The minimum absolute atomic E-state index is 0.0213. The molecule has 0 saturated heterocycles. The van der Waals surface area contributed by atoms with Gasteiger partial charge in [0.25, 0.3) is 5.56 Å². The van der Waals surface area contributed by atoms with E-state index >= 15 is 0 Å². The third-order valence-electron chi connectivity index (χ3n) is 4.50. The SMILES string of the molecule is Cc1[nH]nc2c1c(=O)n(CCCCCCCN)c1ccc(Cl)cc21. The number of hydrogen-bond donors (Lipinski definition) is 2. The number of nitrogens with two attached hydrogens (primary N) is 1. The number of H-pyrrole nitrogens is 1. The first-order valence-electron chi connectivity index (χ1n) is 8.50. The highest BCUT2D eigenvalue weighted by molar-refractivity contribution is 6.31. The van der Waals surface area contributed by atoms with Gasteiger partial charge < -0.3 is 10.3 Å². The van der Waals surface area contributed by atoms with E-state index in [0.29, 0.717) is 22.5 Å². The van der Waals surface area contributed by atoms with Crippen molar-refractivity contribution in [3.8, 4) is 0 Å². The lowest BCUT2D eigenvalue weighted by Gasteiger charge is -2.11. The molecule has 0 fully saturated rings. The van der Waals surface area contributed by atoms with Crippen molar-refractivity contribution in [2.45, 2.75) is 45.6 Å². The molecule has 0 unspecified atom stereocenters. The van der Waals surface area contributed by atoms with Crippen LogP contribution in [0, 0.1) is 6.92 Å². The van der Waals surface area contributed by atoms with E-state index in [1.807, 2.05) is 29.7 Å². The van der Waals surface area contributed by atoms with Crippen LogP contribution in [0.3, 0.4) is 0 Å². The van der Waals surface area contributed by atoms with Crippen LogP contribution in [0.2, 0.25) is 5.02 Å². The second-order valence-corrected chi connectivity index (χ2v) is 6.68. The molecule has 0 aliphatic heterocycles. The maximum Gasteiger partial charge on any atom is 0.262 e. The first-order valence-corrected chi connectivity index (χ1v) is 8.88. The Balaban J connectivity index is 1.97. The zero-order valence-electron chi connectivity index (χ0n) is 13.9. The van der Waals surface area contributed by atoms with Crippen molar-refractivity contribution in [1.29, 1.82) is 0 Å². The van der Waals surface area contributed by atoms with Crippen LogP contribution in [0.15, 0.2) is 23.0 Å². The van der Waals surface area contributed by atoms with Gasteiger partial charge in [0, 0.05) is 22.6 Å². The molecule has 0 atom stereocenters. The molecule has 5 nitrogen and oxygen atoms in total. The molecular weight excluding hydrogens is 324 g/mol. The van der Waals surface area contributed by atoms with Crippen LogP contribution < -0.4 is 11.3 Å². The molecule has 0 aliphatic rings. The molecule has 0 bridgehead atoms. The third kappa shape index (κ3) is 3.19. The fourth-order valence-electron chi connectivity index (χ4n) is 3.23. The highest BCUT2D eigenvalue weighted by Gasteiger charge is 2.15. The highest BCUT2D eigenvalue weighted by atomic mass is 35.5. The summed E-state index contributed by atoms with van der Waals surface area (Å²) >= 11 is 6.16. The van der Waals surface area contributed by atoms with Crippen molar-refractivity contribution < 1.29 is 0 Å². The van der Waals surface area contributed by atoms with E-state index in [0.717, 1.165) is 55.2 Å². The van der Waals surface area contributed by atoms with Crippen LogP contribution >= 0.6 is 11.6 Å². The standard InChI is InChI=1S/C18H23ClN4O/c1-12-16-17(22-21-12)14-11-13(19)7-8-15(14)23(18(16)24)10-6-4-2-3-5-9-20/h7-8,11H,2-6,9-10,20H2,1H3,(H,21,22). The van der Waals surface area contributed by atoms with Crippen molar-refractivity contribution in [2.75, 3.05) is 6.54 Å².